The van der Waals surface area contributed by atoms with Gasteiger partial charge in [0.2, 0.25) is 0 Å². The fourth-order valence-corrected chi connectivity index (χ4v) is 2.76. The first-order chi connectivity index (χ1) is 12.1. The lowest BCUT2D eigenvalue weighted by molar-refractivity contribution is 0.395. The van der Waals surface area contributed by atoms with Gasteiger partial charge in [0.1, 0.15) is 11.5 Å². The van der Waals surface area contributed by atoms with E-state index in [4.69, 9.17) is 21.7 Å². The number of ether oxygens (including phenoxy) is 2. The number of thiocarbonyl (C=S) groups is 1. The summed E-state index contributed by atoms with van der Waals surface area (Å²) in [6, 6.07) is 13.8. The van der Waals surface area contributed by atoms with Gasteiger partial charge in [-0.3, -0.25) is 0 Å². The number of nitrogens with zero attached hydrogens (tertiary/aromatic N) is 1. The molecule has 2 aromatic rings. The van der Waals surface area contributed by atoms with Crippen molar-refractivity contribution in [1.29, 1.82) is 0 Å². The highest BCUT2D eigenvalue weighted by atomic mass is 32.1. The van der Waals surface area contributed by atoms with Crippen molar-refractivity contribution in [2.75, 3.05) is 42.8 Å². The molecule has 0 aliphatic heterocycles. The third-order valence-corrected chi connectivity index (χ3v) is 4.11. The first kappa shape index (κ1) is 18.9. The van der Waals surface area contributed by atoms with Crippen LogP contribution in [0.15, 0.2) is 42.5 Å². The molecular weight excluding hydrogens is 334 g/mol. The maximum absolute atomic E-state index is 5.40. The van der Waals surface area contributed by atoms with Crippen molar-refractivity contribution in [2.45, 2.75) is 13.8 Å². The topological polar surface area (TPSA) is 45.8 Å². The standard InChI is InChI=1S/C19H25N3O2S/c1-5-22(6-2)15-9-7-14(8-10-15)20-19(25)21-17-12-11-16(23-3)13-18(17)24-4/h7-13H,5-6H2,1-4H3,(H2,20,21,25). The number of nitrogens with one attached hydrogen (secondary N) is 2. The zero-order valence-corrected chi connectivity index (χ0v) is 15.9. The van der Waals surface area contributed by atoms with E-state index in [1.807, 2.05) is 30.3 Å². The third kappa shape index (κ3) is 5.00. The van der Waals surface area contributed by atoms with Gasteiger partial charge in [0.05, 0.1) is 19.9 Å². The van der Waals surface area contributed by atoms with Gasteiger partial charge in [-0.25, -0.2) is 0 Å². The summed E-state index contributed by atoms with van der Waals surface area (Å²) in [7, 11) is 3.23. The summed E-state index contributed by atoms with van der Waals surface area (Å²) in [6.45, 7) is 6.27. The molecule has 0 saturated heterocycles. The van der Waals surface area contributed by atoms with Gasteiger partial charge in [0, 0.05) is 30.5 Å². The van der Waals surface area contributed by atoms with Crippen molar-refractivity contribution >= 4 is 34.4 Å². The van der Waals surface area contributed by atoms with E-state index < -0.39 is 0 Å². The van der Waals surface area contributed by atoms with Crippen LogP contribution in [0.2, 0.25) is 0 Å². The van der Waals surface area contributed by atoms with Crippen LogP contribution >= 0.6 is 12.2 Å². The number of anilines is 3. The minimum Gasteiger partial charge on any atom is -0.497 e. The number of rotatable bonds is 7. The van der Waals surface area contributed by atoms with E-state index >= 15 is 0 Å². The summed E-state index contributed by atoms with van der Waals surface area (Å²) in [5.41, 5.74) is 2.91. The molecule has 0 heterocycles. The van der Waals surface area contributed by atoms with Crippen LogP contribution < -0.4 is 25.0 Å². The second-order valence-electron chi connectivity index (χ2n) is 5.36. The second kappa shape index (κ2) is 9.13. The molecule has 0 aliphatic rings. The Hall–Kier alpha value is -2.47. The first-order valence-electron chi connectivity index (χ1n) is 8.26. The van der Waals surface area contributed by atoms with Gasteiger partial charge in [0.25, 0.3) is 0 Å². The van der Waals surface area contributed by atoms with E-state index in [0.29, 0.717) is 10.9 Å². The summed E-state index contributed by atoms with van der Waals surface area (Å²) in [5.74, 6) is 1.40. The van der Waals surface area contributed by atoms with Crippen molar-refractivity contribution in [1.82, 2.24) is 0 Å². The van der Waals surface area contributed by atoms with Gasteiger partial charge in [-0.1, -0.05) is 0 Å². The number of hydrogen-bond acceptors (Lipinski definition) is 4. The van der Waals surface area contributed by atoms with Crippen molar-refractivity contribution in [2.24, 2.45) is 0 Å². The van der Waals surface area contributed by atoms with Crippen LogP contribution in [0, 0.1) is 0 Å². The fourth-order valence-electron chi connectivity index (χ4n) is 2.53. The zero-order valence-electron chi connectivity index (χ0n) is 15.1. The highest BCUT2D eigenvalue weighted by Crippen LogP contribution is 2.29. The molecule has 0 bridgehead atoms. The summed E-state index contributed by atoms with van der Waals surface area (Å²) in [5, 5.41) is 6.84. The van der Waals surface area contributed by atoms with Gasteiger partial charge >= 0.3 is 0 Å². The smallest absolute Gasteiger partial charge is 0.175 e. The summed E-state index contributed by atoms with van der Waals surface area (Å²) in [6.07, 6.45) is 0. The molecule has 6 heteroatoms. The van der Waals surface area contributed by atoms with E-state index in [9.17, 15) is 0 Å². The van der Waals surface area contributed by atoms with Gasteiger partial charge < -0.3 is 25.0 Å². The van der Waals surface area contributed by atoms with Crippen LogP contribution in [-0.2, 0) is 0 Å². The fraction of sp³-hybridized carbons (Fsp3) is 0.316. The lowest BCUT2D eigenvalue weighted by Gasteiger charge is -2.21. The molecule has 0 radical (unpaired) electrons. The predicted molar refractivity (Wildman–Crippen MR) is 109 cm³/mol. The van der Waals surface area contributed by atoms with Crippen molar-refractivity contribution in [3.8, 4) is 11.5 Å². The Morgan fingerprint density at radius 3 is 2.20 bits per heavy atom. The van der Waals surface area contributed by atoms with Crippen LogP contribution in [0.25, 0.3) is 0 Å². The third-order valence-electron chi connectivity index (χ3n) is 3.91. The Morgan fingerprint density at radius 2 is 1.64 bits per heavy atom. The van der Waals surface area contributed by atoms with E-state index in [2.05, 4.69) is 41.5 Å². The molecule has 2 aromatic carbocycles. The van der Waals surface area contributed by atoms with Gasteiger partial charge in [-0.2, -0.15) is 0 Å². The number of hydrogen-bond donors (Lipinski definition) is 2. The quantitative estimate of drug-likeness (QED) is 0.716. The molecular formula is C19H25N3O2S. The summed E-state index contributed by atoms with van der Waals surface area (Å²) in [4.78, 5) is 2.29. The molecule has 0 aliphatic carbocycles. The Kier molecular flexibility index (Phi) is 6.89. The number of methoxy groups -OCH3 is 2. The Morgan fingerprint density at radius 1 is 0.960 bits per heavy atom. The average Bonchev–Trinajstić information content (AvgIpc) is 2.64. The van der Waals surface area contributed by atoms with Crippen LogP contribution in [0.1, 0.15) is 13.8 Å². The normalized spacial score (nSPS) is 10.1. The van der Waals surface area contributed by atoms with Crippen LogP contribution in [0.3, 0.4) is 0 Å². The van der Waals surface area contributed by atoms with Gasteiger partial charge in [-0.05, 0) is 62.5 Å². The highest BCUT2D eigenvalue weighted by Gasteiger charge is 2.07. The van der Waals surface area contributed by atoms with Crippen LogP contribution in [0.4, 0.5) is 17.1 Å². The molecule has 0 fully saturated rings. The monoisotopic (exact) mass is 359 g/mol. The molecule has 0 unspecified atom stereocenters. The van der Waals surface area contributed by atoms with Crippen LogP contribution in [0.5, 0.6) is 11.5 Å². The molecule has 134 valence electrons. The largest absolute Gasteiger partial charge is 0.497 e. The van der Waals surface area contributed by atoms with E-state index in [1.54, 1.807) is 14.2 Å². The maximum atomic E-state index is 5.40. The molecule has 0 aromatic heterocycles. The highest BCUT2D eigenvalue weighted by molar-refractivity contribution is 7.80. The number of benzene rings is 2. The van der Waals surface area contributed by atoms with Crippen molar-refractivity contribution < 1.29 is 9.47 Å². The lowest BCUT2D eigenvalue weighted by atomic mass is 10.2. The average molecular weight is 359 g/mol. The van der Waals surface area contributed by atoms with Crippen molar-refractivity contribution in [3.05, 3.63) is 42.5 Å². The molecule has 0 amide bonds. The lowest BCUT2D eigenvalue weighted by Crippen LogP contribution is -2.22. The van der Waals surface area contributed by atoms with E-state index in [-0.39, 0.29) is 0 Å². The molecule has 2 N–H and O–H groups in total. The maximum Gasteiger partial charge on any atom is 0.175 e. The van der Waals surface area contributed by atoms with Crippen molar-refractivity contribution in [3.63, 3.8) is 0 Å². The van der Waals surface area contributed by atoms with E-state index in [1.165, 1.54) is 5.69 Å². The summed E-state index contributed by atoms with van der Waals surface area (Å²) >= 11 is 5.40. The Bertz CT molecular complexity index is 700. The Labute approximate surface area is 154 Å². The first-order valence-corrected chi connectivity index (χ1v) is 8.67. The predicted octanol–water partition coefficient (Wildman–Crippen LogP) is 4.36. The minimum absolute atomic E-state index is 0.499. The van der Waals surface area contributed by atoms with E-state index in [0.717, 1.165) is 30.2 Å². The molecule has 25 heavy (non-hydrogen) atoms. The molecule has 0 spiro atoms. The van der Waals surface area contributed by atoms with Crippen LogP contribution in [-0.4, -0.2) is 32.4 Å². The summed E-state index contributed by atoms with van der Waals surface area (Å²) < 4.78 is 10.6. The van der Waals surface area contributed by atoms with Gasteiger partial charge in [0.15, 0.2) is 5.11 Å². The second-order valence-corrected chi connectivity index (χ2v) is 5.77. The zero-order chi connectivity index (χ0) is 18.2. The Balaban J connectivity index is 2.03. The molecule has 0 saturated carbocycles. The molecule has 2 rings (SSSR count). The minimum atomic E-state index is 0.499. The van der Waals surface area contributed by atoms with Gasteiger partial charge in [-0.15, -0.1) is 0 Å². The molecule has 0 atom stereocenters. The SMILES string of the molecule is CCN(CC)c1ccc(NC(=S)Nc2ccc(OC)cc2OC)cc1. The molecule has 5 nitrogen and oxygen atoms in total.